The van der Waals surface area contributed by atoms with E-state index in [1.165, 1.54) is 4.88 Å². The van der Waals surface area contributed by atoms with Gasteiger partial charge in [-0.05, 0) is 54.8 Å². The molecule has 0 radical (unpaired) electrons. The Hall–Kier alpha value is -2.53. The zero-order valence-electron chi connectivity index (χ0n) is 14.9. The van der Waals surface area contributed by atoms with Gasteiger partial charge >= 0.3 is 0 Å². The molecule has 1 N–H and O–H groups in total. The number of thiophene rings is 1. The van der Waals surface area contributed by atoms with Crippen LogP contribution in [0.5, 0.6) is 0 Å². The number of nitrogens with zero attached hydrogens (tertiary/aromatic N) is 3. The number of pyridine rings is 2. The van der Waals surface area contributed by atoms with Crippen LogP contribution in [-0.4, -0.2) is 22.7 Å². The molecule has 3 aromatic heterocycles. The van der Waals surface area contributed by atoms with Gasteiger partial charge in [-0.3, -0.25) is 4.99 Å². The first-order valence-electron chi connectivity index (χ1n) is 8.31. The topological polar surface area (TPSA) is 50.2 Å². The number of aryl methyl sites for hydroxylation is 1. The lowest BCUT2D eigenvalue weighted by Gasteiger charge is -2.07. The van der Waals surface area contributed by atoms with Gasteiger partial charge in [-0.25, -0.2) is 9.97 Å². The normalized spacial score (nSPS) is 11.8. The molecule has 0 saturated heterocycles. The molecule has 3 rings (SSSR count). The Labute approximate surface area is 152 Å². The third-order valence-electron chi connectivity index (χ3n) is 3.82. The molecule has 0 aromatic carbocycles. The second kappa shape index (κ2) is 7.57. The van der Waals surface area contributed by atoms with Crippen molar-refractivity contribution in [1.82, 2.24) is 9.97 Å². The van der Waals surface area contributed by atoms with Crippen LogP contribution in [0, 0.1) is 12.8 Å². The minimum absolute atomic E-state index is 0.407. The number of aromatic nitrogens is 2. The van der Waals surface area contributed by atoms with Crippen LogP contribution in [0.25, 0.3) is 10.6 Å². The van der Waals surface area contributed by atoms with E-state index in [1.54, 1.807) is 17.5 Å². The van der Waals surface area contributed by atoms with Gasteiger partial charge < -0.3 is 5.32 Å². The number of hydrogen-bond donors (Lipinski definition) is 1. The average molecular weight is 350 g/mol. The van der Waals surface area contributed by atoms with E-state index in [-0.39, 0.29) is 0 Å². The third kappa shape index (κ3) is 4.12. The summed E-state index contributed by atoms with van der Waals surface area (Å²) in [7, 11) is 1.85. The number of rotatable bonds is 5. The van der Waals surface area contributed by atoms with E-state index in [4.69, 9.17) is 4.98 Å². The van der Waals surface area contributed by atoms with Gasteiger partial charge in [-0.15, -0.1) is 11.3 Å². The highest BCUT2D eigenvalue weighted by atomic mass is 32.1. The Morgan fingerprint density at radius 1 is 1.12 bits per heavy atom. The van der Waals surface area contributed by atoms with Crippen molar-refractivity contribution < 1.29 is 0 Å². The summed E-state index contributed by atoms with van der Waals surface area (Å²) in [5.41, 5.74) is 3.25. The van der Waals surface area contributed by atoms with Gasteiger partial charge in [-0.2, -0.15) is 0 Å². The smallest absolute Gasteiger partial charge is 0.132 e. The molecule has 0 unspecified atom stereocenters. The van der Waals surface area contributed by atoms with Crippen LogP contribution in [0.2, 0.25) is 0 Å². The molecule has 5 heteroatoms. The van der Waals surface area contributed by atoms with E-state index >= 15 is 0 Å². The summed E-state index contributed by atoms with van der Waals surface area (Å²) in [6, 6.07) is 14.2. The summed E-state index contributed by atoms with van der Waals surface area (Å²) in [5.74, 6) is 2.00. The Balaban J connectivity index is 1.86. The first-order valence-corrected chi connectivity index (χ1v) is 9.12. The molecular formula is C20H22N4S. The highest BCUT2D eigenvalue weighted by Crippen LogP contribution is 2.29. The minimum Gasteiger partial charge on any atom is -0.325 e. The average Bonchev–Trinajstić information content (AvgIpc) is 3.05. The van der Waals surface area contributed by atoms with Gasteiger partial charge in [0.15, 0.2) is 0 Å². The van der Waals surface area contributed by atoms with Gasteiger partial charge in [0.05, 0.1) is 16.3 Å². The third-order valence-corrected chi connectivity index (χ3v) is 4.95. The molecule has 0 aliphatic heterocycles. The van der Waals surface area contributed by atoms with Crippen LogP contribution in [0.15, 0.2) is 53.7 Å². The molecule has 0 aliphatic rings. The van der Waals surface area contributed by atoms with Gasteiger partial charge in [0.1, 0.15) is 11.6 Å². The highest BCUT2D eigenvalue weighted by Gasteiger charge is 2.12. The fraction of sp³-hybridized carbons (Fsp3) is 0.250. The predicted octanol–water partition coefficient (Wildman–Crippen LogP) is 5.33. The fourth-order valence-electron chi connectivity index (χ4n) is 2.64. The molecule has 0 spiro atoms. The van der Waals surface area contributed by atoms with Crippen molar-refractivity contribution in [2.45, 2.75) is 20.8 Å². The summed E-state index contributed by atoms with van der Waals surface area (Å²) >= 11 is 1.73. The quantitative estimate of drug-likeness (QED) is 0.633. The molecule has 0 amide bonds. The minimum atomic E-state index is 0.407. The molecule has 0 fully saturated rings. The lowest BCUT2D eigenvalue weighted by atomic mass is 10.1. The van der Waals surface area contributed by atoms with Crippen LogP contribution >= 0.6 is 11.3 Å². The summed E-state index contributed by atoms with van der Waals surface area (Å²) in [4.78, 5) is 15.8. The Kier molecular flexibility index (Phi) is 5.24. The van der Waals surface area contributed by atoms with Crippen LogP contribution in [0.4, 0.5) is 11.6 Å². The summed E-state index contributed by atoms with van der Waals surface area (Å²) in [5, 5.41) is 3.27. The molecule has 0 aliphatic carbocycles. The second-order valence-corrected chi connectivity index (χ2v) is 7.26. The molecule has 25 heavy (non-hydrogen) atoms. The Morgan fingerprint density at radius 2 is 1.96 bits per heavy atom. The van der Waals surface area contributed by atoms with E-state index in [0.717, 1.165) is 33.5 Å². The molecule has 0 atom stereocenters. The summed E-state index contributed by atoms with van der Waals surface area (Å²) in [6.45, 7) is 6.38. The summed E-state index contributed by atoms with van der Waals surface area (Å²) in [6.07, 6.45) is 1.80. The van der Waals surface area contributed by atoms with Crippen LogP contribution in [-0.2, 0) is 0 Å². The van der Waals surface area contributed by atoms with Crippen molar-refractivity contribution in [2.24, 2.45) is 10.9 Å². The monoisotopic (exact) mass is 350 g/mol. The maximum atomic E-state index is 4.73. The van der Waals surface area contributed by atoms with E-state index in [1.807, 2.05) is 44.3 Å². The fourth-order valence-corrected chi connectivity index (χ4v) is 3.80. The van der Waals surface area contributed by atoms with Gasteiger partial charge in [0, 0.05) is 18.1 Å². The van der Waals surface area contributed by atoms with E-state index in [2.05, 4.69) is 41.3 Å². The first kappa shape index (κ1) is 17.3. The Bertz CT molecular complexity index is 896. The van der Waals surface area contributed by atoms with Crippen molar-refractivity contribution in [3.8, 4) is 10.6 Å². The van der Waals surface area contributed by atoms with Crippen LogP contribution in [0.1, 0.15) is 24.3 Å². The van der Waals surface area contributed by atoms with Gasteiger partial charge in [-0.1, -0.05) is 19.9 Å². The largest absolute Gasteiger partial charge is 0.325 e. The van der Waals surface area contributed by atoms with Gasteiger partial charge in [0.25, 0.3) is 0 Å². The number of hydrogen-bond acceptors (Lipinski definition) is 5. The molecular weight excluding hydrogens is 328 g/mol. The lowest BCUT2D eigenvalue weighted by Crippen LogP contribution is -2.06. The van der Waals surface area contributed by atoms with Crippen LogP contribution in [0.3, 0.4) is 0 Å². The first-order chi connectivity index (χ1) is 12.1. The molecule has 0 bridgehead atoms. The SMILES string of the molecule is CN=C(c1ccc(-c2cccc(Nc3cc(C)ccn3)n2)s1)C(C)C. The maximum absolute atomic E-state index is 4.73. The van der Waals surface area contributed by atoms with E-state index in [9.17, 15) is 0 Å². The van der Waals surface area contributed by atoms with Crippen molar-refractivity contribution in [3.63, 3.8) is 0 Å². The highest BCUT2D eigenvalue weighted by molar-refractivity contribution is 7.17. The number of nitrogens with one attached hydrogen (secondary N) is 1. The summed E-state index contributed by atoms with van der Waals surface area (Å²) < 4.78 is 0. The van der Waals surface area contributed by atoms with E-state index in [0.29, 0.717) is 5.92 Å². The zero-order chi connectivity index (χ0) is 17.8. The molecule has 4 nitrogen and oxygen atoms in total. The Morgan fingerprint density at radius 3 is 2.68 bits per heavy atom. The predicted molar refractivity (Wildman–Crippen MR) is 107 cm³/mol. The van der Waals surface area contributed by atoms with Crippen molar-refractivity contribution >= 4 is 28.7 Å². The van der Waals surface area contributed by atoms with Crippen molar-refractivity contribution in [2.75, 3.05) is 12.4 Å². The number of aliphatic imine (C=N–C) groups is 1. The molecule has 3 aromatic rings. The zero-order valence-corrected chi connectivity index (χ0v) is 15.8. The molecule has 128 valence electrons. The number of anilines is 2. The van der Waals surface area contributed by atoms with E-state index < -0.39 is 0 Å². The van der Waals surface area contributed by atoms with Crippen molar-refractivity contribution in [1.29, 1.82) is 0 Å². The van der Waals surface area contributed by atoms with Gasteiger partial charge in [0.2, 0.25) is 0 Å². The molecule has 0 saturated carbocycles. The maximum Gasteiger partial charge on any atom is 0.132 e. The lowest BCUT2D eigenvalue weighted by molar-refractivity contribution is 0.884. The molecule has 3 heterocycles. The van der Waals surface area contributed by atoms with Crippen LogP contribution < -0.4 is 5.32 Å². The second-order valence-electron chi connectivity index (χ2n) is 6.18. The standard InChI is InChI=1S/C20H22N4S/c1-13(2)20(21-4)17-9-8-16(25-17)15-6-5-7-18(23-15)24-19-12-14(3)10-11-22-19/h5-13H,1-4H3,(H,22,23,24). The van der Waals surface area contributed by atoms with Crippen molar-refractivity contribution in [3.05, 3.63) is 59.1 Å².